The summed E-state index contributed by atoms with van der Waals surface area (Å²) in [5, 5.41) is 9.19. The van der Waals surface area contributed by atoms with E-state index in [0.717, 1.165) is 19.4 Å². The Morgan fingerprint density at radius 3 is 2.56 bits per heavy atom. The summed E-state index contributed by atoms with van der Waals surface area (Å²) in [4.78, 5) is 0. The highest BCUT2D eigenvalue weighted by Gasteiger charge is 2.34. The zero-order valence-electron chi connectivity index (χ0n) is 6.05. The Kier molecular flexibility index (Phi) is 1.78. The van der Waals surface area contributed by atoms with Crippen molar-refractivity contribution < 1.29 is 9.84 Å². The minimum Gasteiger partial charge on any atom is -0.390 e. The van der Waals surface area contributed by atoms with Crippen LogP contribution >= 0.6 is 0 Å². The van der Waals surface area contributed by atoms with Crippen molar-refractivity contribution in [2.24, 2.45) is 0 Å². The van der Waals surface area contributed by atoms with Gasteiger partial charge in [-0.3, -0.25) is 0 Å². The van der Waals surface area contributed by atoms with E-state index in [1.165, 1.54) is 0 Å². The molecule has 0 aliphatic carbocycles. The number of ether oxygens (including phenoxy) is 1. The van der Waals surface area contributed by atoms with Gasteiger partial charge in [-0.1, -0.05) is 0 Å². The Labute approximate surface area is 55.8 Å². The van der Waals surface area contributed by atoms with Crippen LogP contribution in [0.3, 0.4) is 0 Å². The lowest BCUT2D eigenvalue weighted by Crippen LogP contribution is -2.36. The standard InChI is InChI=1S/C7H14O2/c1-6(8)7(2)4-3-5-9-7/h6,8H,3-5H2,1-2H3/t6-,7-/m0/s1. The average molecular weight is 130 g/mol. The van der Waals surface area contributed by atoms with E-state index in [1.807, 2.05) is 6.92 Å². The topological polar surface area (TPSA) is 29.5 Å². The molecule has 1 aliphatic rings. The van der Waals surface area contributed by atoms with Crippen LogP contribution in [0.25, 0.3) is 0 Å². The smallest absolute Gasteiger partial charge is 0.0910 e. The van der Waals surface area contributed by atoms with Gasteiger partial charge in [0.25, 0.3) is 0 Å². The maximum Gasteiger partial charge on any atom is 0.0910 e. The van der Waals surface area contributed by atoms with Crippen molar-refractivity contribution in [2.75, 3.05) is 6.61 Å². The van der Waals surface area contributed by atoms with Crippen LogP contribution in [0.1, 0.15) is 26.7 Å². The first-order valence-electron chi connectivity index (χ1n) is 3.47. The molecule has 2 nitrogen and oxygen atoms in total. The van der Waals surface area contributed by atoms with Crippen LogP contribution in [0.15, 0.2) is 0 Å². The van der Waals surface area contributed by atoms with E-state index in [4.69, 9.17) is 4.74 Å². The molecule has 0 aromatic heterocycles. The molecular weight excluding hydrogens is 116 g/mol. The van der Waals surface area contributed by atoms with Crippen molar-refractivity contribution in [3.05, 3.63) is 0 Å². The molecule has 0 saturated carbocycles. The SMILES string of the molecule is C[C@H](O)[C@]1(C)CCCO1. The first-order valence-corrected chi connectivity index (χ1v) is 3.47. The number of hydrogen-bond donors (Lipinski definition) is 1. The first kappa shape index (κ1) is 7.03. The van der Waals surface area contributed by atoms with Gasteiger partial charge in [-0.25, -0.2) is 0 Å². The molecule has 1 N–H and O–H groups in total. The Morgan fingerprint density at radius 1 is 1.67 bits per heavy atom. The summed E-state index contributed by atoms with van der Waals surface area (Å²) in [6, 6.07) is 0. The summed E-state index contributed by atoms with van der Waals surface area (Å²) in [5.41, 5.74) is -0.250. The first-order chi connectivity index (χ1) is 4.15. The largest absolute Gasteiger partial charge is 0.390 e. The van der Waals surface area contributed by atoms with Crippen LogP contribution in [-0.2, 0) is 4.74 Å². The molecule has 2 heteroatoms. The van der Waals surface area contributed by atoms with Crippen LogP contribution < -0.4 is 0 Å². The molecule has 1 fully saturated rings. The summed E-state index contributed by atoms with van der Waals surface area (Å²) in [7, 11) is 0. The molecule has 0 bridgehead atoms. The maximum atomic E-state index is 9.19. The third-order valence-electron chi connectivity index (χ3n) is 2.13. The minimum absolute atomic E-state index is 0.250. The zero-order valence-corrected chi connectivity index (χ0v) is 6.05. The molecule has 0 spiro atoms. The second-order valence-electron chi connectivity index (χ2n) is 2.94. The van der Waals surface area contributed by atoms with Crippen molar-refractivity contribution in [1.82, 2.24) is 0 Å². The minimum atomic E-state index is -0.333. The van der Waals surface area contributed by atoms with E-state index in [0.29, 0.717) is 0 Å². The molecular formula is C7H14O2. The van der Waals surface area contributed by atoms with E-state index in [9.17, 15) is 5.11 Å². The fourth-order valence-electron chi connectivity index (χ4n) is 1.13. The van der Waals surface area contributed by atoms with Crippen LogP contribution in [0, 0.1) is 0 Å². The van der Waals surface area contributed by atoms with Gasteiger partial charge < -0.3 is 9.84 Å². The fraction of sp³-hybridized carbons (Fsp3) is 1.00. The molecule has 0 amide bonds. The van der Waals surface area contributed by atoms with Crippen molar-refractivity contribution in [2.45, 2.75) is 38.4 Å². The van der Waals surface area contributed by atoms with E-state index < -0.39 is 0 Å². The van der Waals surface area contributed by atoms with Crippen LogP contribution in [0.4, 0.5) is 0 Å². The molecule has 54 valence electrons. The lowest BCUT2D eigenvalue weighted by atomic mass is 9.97. The summed E-state index contributed by atoms with van der Waals surface area (Å²) < 4.78 is 5.35. The van der Waals surface area contributed by atoms with Gasteiger partial charge >= 0.3 is 0 Å². The second-order valence-corrected chi connectivity index (χ2v) is 2.94. The quantitative estimate of drug-likeness (QED) is 0.572. The van der Waals surface area contributed by atoms with Gasteiger partial charge in [-0.15, -0.1) is 0 Å². The number of hydrogen-bond acceptors (Lipinski definition) is 2. The normalized spacial score (nSPS) is 39.0. The van der Waals surface area contributed by atoms with E-state index in [1.54, 1.807) is 6.92 Å². The highest BCUT2D eigenvalue weighted by atomic mass is 16.5. The summed E-state index contributed by atoms with van der Waals surface area (Å²) in [6.45, 7) is 4.55. The average Bonchev–Trinajstić information content (AvgIpc) is 2.16. The zero-order chi connectivity index (χ0) is 6.91. The third-order valence-corrected chi connectivity index (χ3v) is 2.13. The highest BCUT2D eigenvalue weighted by molar-refractivity contribution is 4.84. The molecule has 1 rings (SSSR count). The molecule has 1 saturated heterocycles. The van der Waals surface area contributed by atoms with Crippen LogP contribution in [0.5, 0.6) is 0 Å². The molecule has 9 heavy (non-hydrogen) atoms. The summed E-state index contributed by atoms with van der Waals surface area (Å²) >= 11 is 0. The predicted octanol–water partition coefficient (Wildman–Crippen LogP) is 0.936. The van der Waals surface area contributed by atoms with Crippen molar-refractivity contribution >= 4 is 0 Å². The fourth-order valence-corrected chi connectivity index (χ4v) is 1.13. The molecule has 1 aliphatic heterocycles. The van der Waals surface area contributed by atoms with E-state index in [-0.39, 0.29) is 11.7 Å². The molecule has 0 aromatic rings. The number of rotatable bonds is 1. The Morgan fingerprint density at radius 2 is 2.33 bits per heavy atom. The van der Waals surface area contributed by atoms with Gasteiger partial charge in [-0.2, -0.15) is 0 Å². The monoisotopic (exact) mass is 130 g/mol. The van der Waals surface area contributed by atoms with Gasteiger partial charge in [0, 0.05) is 6.61 Å². The highest BCUT2D eigenvalue weighted by Crippen LogP contribution is 2.27. The van der Waals surface area contributed by atoms with Gasteiger partial charge in [0.2, 0.25) is 0 Å². The molecule has 0 radical (unpaired) electrons. The second kappa shape index (κ2) is 2.27. The van der Waals surface area contributed by atoms with Crippen molar-refractivity contribution in [1.29, 1.82) is 0 Å². The summed E-state index contributed by atoms with van der Waals surface area (Å²) in [6.07, 6.45) is 1.74. The van der Waals surface area contributed by atoms with Gasteiger partial charge in [0.1, 0.15) is 0 Å². The number of aliphatic hydroxyl groups is 1. The van der Waals surface area contributed by atoms with Crippen molar-refractivity contribution in [3.8, 4) is 0 Å². The van der Waals surface area contributed by atoms with E-state index >= 15 is 0 Å². The Bertz CT molecular complexity index is 93.1. The predicted molar refractivity (Wildman–Crippen MR) is 35.3 cm³/mol. The Hall–Kier alpha value is -0.0800. The molecule has 1 heterocycles. The molecule has 0 aromatic carbocycles. The van der Waals surface area contributed by atoms with Gasteiger partial charge in [0.15, 0.2) is 0 Å². The molecule has 0 unspecified atom stereocenters. The van der Waals surface area contributed by atoms with Crippen LogP contribution in [0.2, 0.25) is 0 Å². The summed E-state index contributed by atoms with van der Waals surface area (Å²) in [5.74, 6) is 0. The van der Waals surface area contributed by atoms with E-state index in [2.05, 4.69) is 0 Å². The lowest BCUT2D eigenvalue weighted by molar-refractivity contribution is -0.0691. The Balaban J connectivity index is 2.51. The van der Waals surface area contributed by atoms with Gasteiger partial charge in [0.05, 0.1) is 11.7 Å². The third kappa shape index (κ3) is 1.25. The van der Waals surface area contributed by atoms with Crippen LogP contribution in [-0.4, -0.2) is 23.4 Å². The van der Waals surface area contributed by atoms with Gasteiger partial charge in [-0.05, 0) is 26.7 Å². The maximum absolute atomic E-state index is 9.19. The lowest BCUT2D eigenvalue weighted by Gasteiger charge is -2.25. The number of aliphatic hydroxyl groups excluding tert-OH is 1. The van der Waals surface area contributed by atoms with Crippen molar-refractivity contribution in [3.63, 3.8) is 0 Å². The molecule has 2 atom stereocenters.